The maximum absolute atomic E-state index is 10.9. The number of hydrogen-bond donors (Lipinski definition) is 2. The number of carbonyl (C=O) groups excluding carboxylic acids is 1. The Hall–Kier alpha value is -1.50. The summed E-state index contributed by atoms with van der Waals surface area (Å²) in [6.07, 6.45) is 1.13. The highest BCUT2D eigenvalue weighted by atomic mass is 16.4. The number of amides is 1. The quantitative estimate of drug-likeness (QED) is 0.619. The van der Waals surface area contributed by atoms with E-state index < -0.39 is 17.9 Å². The van der Waals surface area contributed by atoms with Crippen LogP contribution in [0.15, 0.2) is 0 Å². The van der Waals surface area contributed by atoms with Gasteiger partial charge in [-0.25, -0.2) is 4.79 Å². The molecule has 2 N–H and O–H groups in total. The minimum atomic E-state index is -1.02. The summed E-state index contributed by atoms with van der Waals surface area (Å²) in [6, 6.07) is -0.821. The van der Waals surface area contributed by atoms with Crippen molar-refractivity contribution in [1.82, 2.24) is 5.32 Å². The van der Waals surface area contributed by atoms with Crippen LogP contribution in [0.1, 0.15) is 26.7 Å². The van der Waals surface area contributed by atoms with Crippen LogP contribution < -0.4 is 5.32 Å². The average Bonchev–Trinajstić information content (AvgIpc) is 2.04. The molecule has 72 valence electrons. The average molecular weight is 183 g/mol. The van der Waals surface area contributed by atoms with Gasteiger partial charge in [0.1, 0.15) is 6.04 Å². The summed E-state index contributed by atoms with van der Waals surface area (Å²) in [6.45, 7) is 3.38. The van der Waals surface area contributed by atoms with Crippen molar-refractivity contribution in [3.63, 3.8) is 0 Å². The molecule has 0 bridgehead atoms. The third kappa shape index (κ3) is 4.86. The molecule has 0 spiro atoms. The molecule has 13 heavy (non-hydrogen) atoms. The van der Waals surface area contributed by atoms with Crippen molar-refractivity contribution < 1.29 is 14.7 Å². The number of hydrogen-bond acceptors (Lipinski definition) is 2. The monoisotopic (exact) mass is 183 g/mol. The summed E-state index contributed by atoms with van der Waals surface area (Å²) in [7, 11) is 0. The molecule has 0 rings (SSSR count). The molecule has 1 atom stereocenters. The van der Waals surface area contributed by atoms with Gasteiger partial charge in [-0.05, 0) is 19.3 Å². The third-order valence-corrected chi connectivity index (χ3v) is 1.42. The Bertz CT molecular complexity index is 249. The molecular weight excluding hydrogens is 170 g/mol. The Labute approximate surface area is 77.3 Å². The summed E-state index contributed by atoms with van der Waals surface area (Å²) < 4.78 is 0. The molecule has 0 radical (unpaired) electrons. The molecule has 0 aliphatic carbocycles. The molecule has 0 saturated heterocycles. The maximum atomic E-state index is 10.9. The van der Waals surface area contributed by atoms with Gasteiger partial charge >= 0.3 is 5.97 Å². The second-order valence-electron chi connectivity index (χ2n) is 2.53. The van der Waals surface area contributed by atoms with Crippen molar-refractivity contribution in [2.75, 3.05) is 0 Å². The van der Waals surface area contributed by atoms with Crippen LogP contribution in [-0.2, 0) is 9.59 Å². The topological polar surface area (TPSA) is 66.4 Å². The van der Waals surface area contributed by atoms with Crippen LogP contribution in [0.3, 0.4) is 0 Å². The summed E-state index contributed by atoms with van der Waals surface area (Å²) in [5.41, 5.74) is 0. The van der Waals surface area contributed by atoms with E-state index in [2.05, 4.69) is 17.2 Å². The Kier molecular flexibility index (Phi) is 5.37. The molecule has 0 aliphatic heterocycles. The maximum Gasteiger partial charge on any atom is 0.326 e. The molecular formula is C9H13NO3. The van der Waals surface area contributed by atoms with Gasteiger partial charge < -0.3 is 10.4 Å². The van der Waals surface area contributed by atoms with Gasteiger partial charge in [0.15, 0.2) is 0 Å². The number of rotatable bonds is 4. The van der Waals surface area contributed by atoms with E-state index in [1.165, 1.54) is 6.92 Å². The molecule has 4 nitrogen and oxygen atoms in total. The second-order valence-corrected chi connectivity index (χ2v) is 2.53. The van der Waals surface area contributed by atoms with Crippen LogP contribution in [0.5, 0.6) is 0 Å². The predicted octanol–water partition coefficient (Wildman–Crippen LogP) is 0.379. The molecule has 0 aromatic heterocycles. The van der Waals surface area contributed by atoms with Crippen molar-refractivity contribution >= 4 is 11.9 Å². The fraction of sp³-hybridized carbons (Fsp3) is 0.556. The standard InChI is InChI=1S/C9H13NO3/c1-3-5-7(9(12)13)10-8(11)6-4-2/h7H,3,5H2,1-2H3,(H,10,11)(H,12,13)/t7-/m1/s1. The molecule has 0 saturated carbocycles. The van der Waals surface area contributed by atoms with E-state index in [9.17, 15) is 9.59 Å². The second kappa shape index (κ2) is 6.06. The van der Waals surface area contributed by atoms with E-state index >= 15 is 0 Å². The van der Waals surface area contributed by atoms with Crippen molar-refractivity contribution in [2.45, 2.75) is 32.7 Å². The number of nitrogens with one attached hydrogen (secondary N) is 1. The SMILES string of the molecule is CC#CC(=O)N[C@H](CCC)C(=O)O. The zero-order valence-corrected chi connectivity index (χ0v) is 7.76. The number of carbonyl (C=O) groups is 2. The lowest BCUT2D eigenvalue weighted by atomic mass is 10.2. The van der Waals surface area contributed by atoms with Crippen molar-refractivity contribution in [3.8, 4) is 11.8 Å². The molecule has 0 aromatic rings. The van der Waals surface area contributed by atoms with Crippen LogP contribution in [0.2, 0.25) is 0 Å². The first kappa shape index (κ1) is 11.5. The van der Waals surface area contributed by atoms with E-state index in [0.29, 0.717) is 12.8 Å². The fourth-order valence-corrected chi connectivity index (χ4v) is 0.854. The molecule has 1 amide bonds. The van der Waals surface area contributed by atoms with Gasteiger partial charge in [0.25, 0.3) is 5.91 Å². The van der Waals surface area contributed by atoms with Crippen LogP contribution in [0, 0.1) is 11.8 Å². The van der Waals surface area contributed by atoms with E-state index in [1.807, 2.05) is 6.92 Å². The van der Waals surface area contributed by atoms with Crippen LogP contribution in [-0.4, -0.2) is 23.0 Å². The Morgan fingerprint density at radius 1 is 1.54 bits per heavy atom. The zero-order chi connectivity index (χ0) is 10.3. The molecule has 0 heterocycles. The minimum absolute atomic E-state index is 0.423. The van der Waals surface area contributed by atoms with E-state index in [0.717, 1.165) is 0 Å². The van der Waals surface area contributed by atoms with E-state index in [4.69, 9.17) is 5.11 Å². The Morgan fingerprint density at radius 2 is 2.15 bits per heavy atom. The predicted molar refractivity (Wildman–Crippen MR) is 47.9 cm³/mol. The van der Waals surface area contributed by atoms with Crippen LogP contribution in [0.25, 0.3) is 0 Å². The lowest BCUT2D eigenvalue weighted by Crippen LogP contribution is -2.39. The van der Waals surface area contributed by atoms with Gasteiger partial charge in [0, 0.05) is 0 Å². The molecule has 0 aromatic carbocycles. The van der Waals surface area contributed by atoms with Gasteiger partial charge in [-0.15, -0.1) is 0 Å². The van der Waals surface area contributed by atoms with Crippen LogP contribution >= 0.6 is 0 Å². The summed E-state index contributed by atoms with van der Waals surface area (Å²) >= 11 is 0. The summed E-state index contributed by atoms with van der Waals surface area (Å²) in [5, 5.41) is 11.0. The van der Waals surface area contributed by atoms with Crippen LogP contribution in [0.4, 0.5) is 0 Å². The lowest BCUT2D eigenvalue weighted by Gasteiger charge is -2.10. The van der Waals surface area contributed by atoms with Gasteiger partial charge in [0.2, 0.25) is 0 Å². The number of carboxylic acid groups (broad SMARTS) is 1. The number of aliphatic carboxylic acids is 1. The van der Waals surface area contributed by atoms with Gasteiger partial charge in [-0.3, -0.25) is 4.79 Å². The highest BCUT2D eigenvalue weighted by molar-refractivity contribution is 5.95. The number of carboxylic acids is 1. The van der Waals surface area contributed by atoms with Gasteiger partial charge in [-0.1, -0.05) is 19.3 Å². The highest BCUT2D eigenvalue weighted by Crippen LogP contribution is 1.96. The van der Waals surface area contributed by atoms with E-state index in [-0.39, 0.29) is 0 Å². The van der Waals surface area contributed by atoms with Gasteiger partial charge in [0.05, 0.1) is 0 Å². The van der Waals surface area contributed by atoms with E-state index in [1.54, 1.807) is 0 Å². The summed E-state index contributed by atoms with van der Waals surface area (Å²) in [5.74, 6) is 3.07. The largest absolute Gasteiger partial charge is 0.480 e. The van der Waals surface area contributed by atoms with Crippen molar-refractivity contribution in [3.05, 3.63) is 0 Å². The molecule has 0 fully saturated rings. The van der Waals surface area contributed by atoms with Crippen molar-refractivity contribution in [1.29, 1.82) is 0 Å². The first-order valence-corrected chi connectivity index (χ1v) is 4.07. The normalized spacial score (nSPS) is 10.9. The Balaban J connectivity index is 4.14. The molecule has 4 heteroatoms. The first-order valence-electron chi connectivity index (χ1n) is 4.07. The Morgan fingerprint density at radius 3 is 2.54 bits per heavy atom. The highest BCUT2D eigenvalue weighted by Gasteiger charge is 2.17. The fourth-order valence-electron chi connectivity index (χ4n) is 0.854. The van der Waals surface area contributed by atoms with Gasteiger partial charge in [-0.2, -0.15) is 0 Å². The molecule has 0 aliphatic rings. The third-order valence-electron chi connectivity index (χ3n) is 1.42. The van der Waals surface area contributed by atoms with Crippen molar-refractivity contribution in [2.24, 2.45) is 0 Å². The lowest BCUT2D eigenvalue weighted by molar-refractivity contribution is -0.141. The molecule has 0 unspecified atom stereocenters. The minimum Gasteiger partial charge on any atom is -0.480 e. The zero-order valence-electron chi connectivity index (χ0n) is 7.76. The summed E-state index contributed by atoms with van der Waals surface area (Å²) in [4.78, 5) is 21.5. The smallest absolute Gasteiger partial charge is 0.326 e. The first-order chi connectivity index (χ1) is 6.11.